The number of nitrogens with one attached hydrogen (secondary N) is 2. The van der Waals surface area contributed by atoms with E-state index in [1.165, 1.54) is 6.07 Å². The molecular formula is C14H26N4O. The standard InChI is InChI=1S/C14H26N4O/c1-6-12-16-13(9-14(19)17-12)15-7-8-18(10(2)3)11(4)5/h9-11H,6-8H2,1-5H3,(H2,15,16,17,19). The maximum atomic E-state index is 11.4. The molecule has 0 aliphatic rings. The summed E-state index contributed by atoms with van der Waals surface area (Å²) in [4.78, 5) is 20.9. The van der Waals surface area contributed by atoms with Gasteiger partial charge in [0.15, 0.2) is 0 Å². The van der Waals surface area contributed by atoms with E-state index in [4.69, 9.17) is 0 Å². The lowest BCUT2D eigenvalue weighted by molar-refractivity contribution is 0.182. The van der Waals surface area contributed by atoms with Gasteiger partial charge in [-0.2, -0.15) is 0 Å². The van der Waals surface area contributed by atoms with Crippen molar-refractivity contribution >= 4 is 5.82 Å². The van der Waals surface area contributed by atoms with Crippen molar-refractivity contribution in [3.8, 4) is 0 Å². The molecule has 0 aliphatic heterocycles. The molecule has 0 atom stereocenters. The fraction of sp³-hybridized carbons (Fsp3) is 0.714. The average molecular weight is 266 g/mol. The van der Waals surface area contributed by atoms with Crippen molar-refractivity contribution in [1.82, 2.24) is 14.9 Å². The van der Waals surface area contributed by atoms with Gasteiger partial charge in [-0.15, -0.1) is 0 Å². The van der Waals surface area contributed by atoms with E-state index in [1.54, 1.807) is 0 Å². The van der Waals surface area contributed by atoms with Crippen LogP contribution in [-0.2, 0) is 6.42 Å². The normalized spacial score (nSPS) is 11.6. The molecule has 108 valence electrons. The minimum absolute atomic E-state index is 0.0982. The van der Waals surface area contributed by atoms with Crippen LogP contribution in [0.15, 0.2) is 10.9 Å². The molecule has 1 aromatic rings. The molecule has 0 aliphatic carbocycles. The summed E-state index contributed by atoms with van der Waals surface area (Å²) < 4.78 is 0. The largest absolute Gasteiger partial charge is 0.369 e. The zero-order valence-corrected chi connectivity index (χ0v) is 12.7. The van der Waals surface area contributed by atoms with Gasteiger partial charge in [-0.1, -0.05) is 6.92 Å². The zero-order valence-electron chi connectivity index (χ0n) is 12.7. The third-order valence-electron chi connectivity index (χ3n) is 3.13. The Hall–Kier alpha value is -1.36. The number of aryl methyl sites for hydroxylation is 1. The van der Waals surface area contributed by atoms with Crippen molar-refractivity contribution in [2.45, 2.75) is 53.1 Å². The van der Waals surface area contributed by atoms with E-state index in [-0.39, 0.29) is 5.56 Å². The summed E-state index contributed by atoms with van der Waals surface area (Å²) in [7, 11) is 0. The molecule has 19 heavy (non-hydrogen) atoms. The van der Waals surface area contributed by atoms with Gasteiger partial charge in [-0.05, 0) is 27.7 Å². The lowest BCUT2D eigenvalue weighted by atomic mass is 10.2. The fourth-order valence-corrected chi connectivity index (χ4v) is 2.19. The van der Waals surface area contributed by atoms with Gasteiger partial charge in [0.1, 0.15) is 11.6 Å². The monoisotopic (exact) mass is 266 g/mol. The van der Waals surface area contributed by atoms with E-state index in [0.717, 1.165) is 25.3 Å². The SMILES string of the molecule is CCc1nc(NCCN(C(C)C)C(C)C)cc(=O)[nH]1. The molecule has 1 rings (SSSR count). The van der Waals surface area contributed by atoms with E-state index in [2.05, 4.69) is 47.9 Å². The van der Waals surface area contributed by atoms with Crippen LogP contribution in [0.3, 0.4) is 0 Å². The van der Waals surface area contributed by atoms with Crippen molar-refractivity contribution in [1.29, 1.82) is 0 Å². The highest BCUT2D eigenvalue weighted by atomic mass is 16.1. The smallest absolute Gasteiger partial charge is 0.252 e. The summed E-state index contributed by atoms with van der Waals surface area (Å²) in [6.45, 7) is 12.5. The predicted molar refractivity (Wildman–Crippen MR) is 79.7 cm³/mol. The van der Waals surface area contributed by atoms with Gasteiger partial charge < -0.3 is 10.3 Å². The van der Waals surface area contributed by atoms with Gasteiger partial charge in [-0.3, -0.25) is 9.69 Å². The van der Waals surface area contributed by atoms with Crippen LogP contribution in [0.1, 0.15) is 40.4 Å². The Labute approximate surface area is 115 Å². The van der Waals surface area contributed by atoms with Crippen molar-refractivity contribution in [3.05, 3.63) is 22.2 Å². The fourth-order valence-electron chi connectivity index (χ4n) is 2.19. The quantitative estimate of drug-likeness (QED) is 0.791. The van der Waals surface area contributed by atoms with Crippen LogP contribution < -0.4 is 10.9 Å². The number of aromatic nitrogens is 2. The summed E-state index contributed by atoms with van der Waals surface area (Å²) in [6.07, 6.45) is 0.731. The minimum atomic E-state index is -0.0982. The molecule has 0 amide bonds. The van der Waals surface area contributed by atoms with Crippen molar-refractivity contribution in [2.75, 3.05) is 18.4 Å². The molecule has 0 bridgehead atoms. The van der Waals surface area contributed by atoms with Gasteiger partial charge in [0.25, 0.3) is 5.56 Å². The Morgan fingerprint density at radius 2 is 1.95 bits per heavy atom. The van der Waals surface area contributed by atoms with Crippen molar-refractivity contribution in [3.63, 3.8) is 0 Å². The number of nitrogens with zero attached hydrogens (tertiary/aromatic N) is 2. The van der Waals surface area contributed by atoms with E-state index < -0.39 is 0 Å². The summed E-state index contributed by atoms with van der Waals surface area (Å²) in [5.74, 6) is 1.38. The predicted octanol–water partition coefficient (Wildman–Crippen LogP) is 1.86. The summed E-state index contributed by atoms with van der Waals surface area (Å²) in [5.41, 5.74) is -0.0982. The Morgan fingerprint density at radius 1 is 1.32 bits per heavy atom. The minimum Gasteiger partial charge on any atom is -0.369 e. The van der Waals surface area contributed by atoms with Crippen LogP contribution in [0.4, 0.5) is 5.82 Å². The van der Waals surface area contributed by atoms with Gasteiger partial charge in [0, 0.05) is 37.7 Å². The average Bonchev–Trinajstić information content (AvgIpc) is 2.32. The van der Waals surface area contributed by atoms with Gasteiger partial charge in [0.2, 0.25) is 0 Å². The van der Waals surface area contributed by atoms with E-state index in [1.807, 2.05) is 6.92 Å². The third-order valence-corrected chi connectivity index (χ3v) is 3.13. The number of H-pyrrole nitrogens is 1. The highest BCUT2D eigenvalue weighted by Crippen LogP contribution is 2.05. The molecule has 1 aromatic heterocycles. The number of anilines is 1. The molecule has 2 N–H and O–H groups in total. The van der Waals surface area contributed by atoms with E-state index in [0.29, 0.717) is 17.9 Å². The first kappa shape index (κ1) is 15.7. The van der Waals surface area contributed by atoms with Crippen molar-refractivity contribution in [2.24, 2.45) is 0 Å². The Morgan fingerprint density at radius 3 is 2.47 bits per heavy atom. The lowest BCUT2D eigenvalue weighted by Crippen LogP contribution is -2.40. The molecule has 0 radical (unpaired) electrons. The van der Waals surface area contributed by atoms with Crippen molar-refractivity contribution < 1.29 is 0 Å². The highest BCUT2D eigenvalue weighted by molar-refractivity contribution is 5.32. The first-order valence-electron chi connectivity index (χ1n) is 7.03. The molecule has 0 fully saturated rings. The molecular weight excluding hydrogens is 240 g/mol. The second-order valence-electron chi connectivity index (χ2n) is 5.28. The molecule has 0 aromatic carbocycles. The topological polar surface area (TPSA) is 61.0 Å². The Bertz CT molecular complexity index is 431. The molecule has 5 heteroatoms. The number of hydrogen-bond donors (Lipinski definition) is 2. The van der Waals surface area contributed by atoms with Gasteiger partial charge in [-0.25, -0.2) is 4.98 Å². The van der Waals surface area contributed by atoms with Crippen LogP contribution in [0.5, 0.6) is 0 Å². The number of rotatable bonds is 7. The summed E-state index contributed by atoms with van der Waals surface area (Å²) >= 11 is 0. The van der Waals surface area contributed by atoms with Gasteiger partial charge >= 0.3 is 0 Å². The van der Waals surface area contributed by atoms with Crippen LogP contribution >= 0.6 is 0 Å². The molecule has 0 spiro atoms. The summed E-state index contributed by atoms with van der Waals surface area (Å²) in [5, 5.41) is 3.23. The number of aromatic amines is 1. The first-order valence-corrected chi connectivity index (χ1v) is 7.03. The molecule has 0 saturated heterocycles. The second kappa shape index (κ2) is 7.28. The third kappa shape index (κ3) is 5.03. The second-order valence-corrected chi connectivity index (χ2v) is 5.28. The molecule has 0 saturated carbocycles. The maximum Gasteiger partial charge on any atom is 0.252 e. The molecule has 0 unspecified atom stereocenters. The van der Waals surface area contributed by atoms with Crippen LogP contribution in [-0.4, -0.2) is 40.0 Å². The molecule has 1 heterocycles. The molecule has 5 nitrogen and oxygen atoms in total. The highest BCUT2D eigenvalue weighted by Gasteiger charge is 2.12. The first-order chi connectivity index (χ1) is 8.93. The number of hydrogen-bond acceptors (Lipinski definition) is 4. The van der Waals surface area contributed by atoms with E-state index in [9.17, 15) is 4.79 Å². The lowest BCUT2D eigenvalue weighted by Gasteiger charge is -2.30. The Kier molecular flexibility index (Phi) is 6.02. The van der Waals surface area contributed by atoms with Gasteiger partial charge in [0.05, 0.1) is 0 Å². The summed E-state index contributed by atoms with van der Waals surface area (Å²) in [6, 6.07) is 2.54. The van der Waals surface area contributed by atoms with E-state index >= 15 is 0 Å². The zero-order chi connectivity index (χ0) is 14.4. The van der Waals surface area contributed by atoms with Crippen LogP contribution in [0, 0.1) is 0 Å². The Balaban J connectivity index is 2.57. The van der Waals surface area contributed by atoms with Crippen LogP contribution in [0.25, 0.3) is 0 Å². The van der Waals surface area contributed by atoms with Crippen LogP contribution in [0.2, 0.25) is 0 Å². The maximum absolute atomic E-state index is 11.4.